The topological polar surface area (TPSA) is 63.6 Å². The lowest BCUT2D eigenvalue weighted by Gasteiger charge is -2.08. The molecule has 0 bridgehead atoms. The molecule has 2 aromatic carbocycles. The van der Waals surface area contributed by atoms with Crippen LogP contribution in [0.4, 0.5) is 0 Å². The van der Waals surface area contributed by atoms with E-state index in [9.17, 15) is 4.79 Å². The van der Waals surface area contributed by atoms with Gasteiger partial charge in [0.05, 0.1) is 11.9 Å². The van der Waals surface area contributed by atoms with Crippen molar-refractivity contribution < 1.29 is 0 Å². The monoisotopic (exact) mass is 328 g/mol. The largest absolute Gasteiger partial charge is 0.288 e. The lowest BCUT2D eigenvalue weighted by atomic mass is 10.1. The van der Waals surface area contributed by atoms with Gasteiger partial charge in [0.15, 0.2) is 0 Å². The molecule has 0 fully saturated rings. The molecule has 0 radical (unpaired) electrons. The van der Waals surface area contributed by atoms with Gasteiger partial charge >= 0.3 is 0 Å². The molecule has 2 heterocycles. The van der Waals surface area contributed by atoms with E-state index in [0.29, 0.717) is 12.1 Å². The van der Waals surface area contributed by atoms with Crippen LogP contribution in [0.15, 0.2) is 84.0 Å². The minimum atomic E-state index is -0.0462. The molecular formula is C20H16N4O. The predicted molar refractivity (Wildman–Crippen MR) is 96.7 cm³/mol. The predicted octanol–water partition coefficient (Wildman–Crippen LogP) is 3.21. The fraction of sp³-hybridized carbons (Fsp3) is 0.0500. The smallest absolute Gasteiger partial charge is 0.203 e. The average Bonchev–Trinajstić information content (AvgIpc) is 3.19. The van der Waals surface area contributed by atoms with Crippen LogP contribution >= 0.6 is 0 Å². The summed E-state index contributed by atoms with van der Waals surface area (Å²) in [6, 6.07) is 19.4. The first kappa shape index (κ1) is 15.1. The van der Waals surface area contributed by atoms with Crippen molar-refractivity contribution in [3.05, 3.63) is 101 Å². The van der Waals surface area contributed by atoms with Crippen LogP contribution in [-0.4, -0.2) is 20.0 Å². The summed E-state index contributed by atoms with van der Waals surface area (Å²) in [6.07, 6.45) is 5.85. The Morgan fingerprint density at radius 3 is 2.44 bits per heavy atom. The molecule has 0 aliphatic carbocycles. The molecule has 0 amide bonds. The molecule has 0 aliphatic rings. The Morgan fingerprint density at radius 2 is 1.72 bits per heavy atom. The van der Waals surface area contributed by atoms with Crippen LogP contribution in [0.3, 0.4) is 0 Å². The molecular weight excluding hydrogens is 312 g/mol. The number of hydrogen-bond donors (Lipinski definition) is 1. The second-order valence-electron chi connectivity index (χ2n) is 5.77. The minimum Gasteiger partial charge on any atom is -0.288 e. The number of nitrogens with one attached hydrogen (secondary N) is 1. The highest BCUT2D eigenvalue weighted by atomic mass is 16.1. The van der Waals surface area contributed by atoms with Crippen molar-refractivity contribution in [2.75, 3.05) is 0 Å². The van der Waals surface area contributed by atoms with Crippen LogP contribution in [0, 0.1) is 0 Å². The summed E-state index contributed by atoms with van der Waals surface area (Å²) in [7, 11) is 0. The molecule has 1 N–H and O–H groups in total. The second kappa shape index (κ2) is 6.57. The summed E-state index contributed by atoms with van der Waals surface area (Å²) in [6.45, 7) is 0. The summed E-state index contributed by atoms with van der Waals surface area (Å²) < 4.78 is 1.73. The highest BCUT2D eigenvalue weighted by Gasteiger charge is 2.06. The summed E-state index contributed by atoms with van der Waals surface area (Å²) in [5.74, 6) is 0. The van der Waals surface area contributed by atoms with Gasteiger partial charge in [0.1, 0.15) is 5.69 Å². The third-order valence-electron chi connectivity index (χ3n) is 4.06. The highest BCUT2D eigenvalue weighted by Crippen LogP contribution is 2.19. The van der Waals surface area contributed by atoms with Gasteiger partial charge in [-0.1, -0.05) is 42.5 Å². The van der Waals surface area contributed by atoms with Gasteiger partial charge in [0.2, 0.25) is 5.43 Å². The van der Waals surface area contributed by atoms with Gasteiger partial charge in [-0.2, -0.15) is 10.2 Å². The van der Waals surface area contributed by atoms with E-state index in [4.69, 9.17) is 0 Å². The van der Waals surface area contributed by atoms with Gasteiger partial charge in [0.25, 0.3) is 0 Å². The van der Waals surface area contributed by atoms with Crippen molar-refractivity contribution in [1.29, 1.82) is 0 Å². The molecule has 5 heteroatoms. The van der Waals surface area contributed by atoms with Gasteiger partial charge < -0.3 is 0 Å². The number of aromatic amines is 1. The molecule has 4 rings (SSSR count). The SMILES string of the molecule is O=c1ccn(-c2ccc(-c3cn[nH]c3)cc2)nc1Cc1ccccc1. The molecule has 0 spiro atoms. The van der Waals surface area contributed by atoms with Crippen LogP contribution < -0.4 is 5.43 Å². The molecule has 0 saturated carbocycles. The maximum atomic E-state index is 12.1. The Labute approximate surface area is 144 Å². The fourth-order valence-corrected chi connectivity index (χ4v) is 2.72. The van der Waals surface area contributed by atoms with E-state index in [1.54, 1.807) is 23.1 Å². The van der Waals surface area contributed by atoms with Crippen LogP contribution in [0.5, 0.6) is 0 Å². The molecule has 0 saturated heterocycles. The second-order valence-corrected chi connectivity index (χ2v) is 5.77. The summed E-state index contributed by atoms with van der Waals surface area (Å²) in [5.41, 5.74) is 4.57. The number of rotatable bonds is 4. The Bertz CT molecular complexity index is 1020. The van der Waals surface area contributed by atoms with Gasteiger partial charge in [-0.05, 0) is 23.3 Å². The van der Waals surface area contributed by atoms with E-state index in [1.165, 1.54) is 0 Å². The molecule has 0 unspecified atom stereocenters. The molecule has 5 nitrogen and oxygen atoms in total. The van der Waals surface area contributed by atoms with E-state index >= 15 is 0 Å². The number of hydrogen-bond acceptors (Lipinski definition) is 3. The molecule has 0 atom stereocenters. The van der Waals surface area contributed by atoms with E-state index in [2.05, 4.69) is 15.3 Å². The number of aromatic nitrogens is 4. The molecule has 122 valence electrons. The lowest BCUT2D eigenvalue weighted by Crippen LogP contribution is -2.16. The zero-order valence-electron chi connectivity index (χ0n) is 13.5. The van der Waals surface area contributed by atoms with Crippen molar-refractivity contribution in [1.82, 2.24) is 20.0 Å². The lowest BCUT2D eigenvalue weighted by molar-refractivity contribution is 0.792. The third-order valence-corrected chi connectivity index (χ3v) is 4.06. The van der Waals surface area contributed by atoms with Crippen molar-refractivity contribution in [2.45, 2.75) is 6.42 Å². The first-order valence-corrected chi connectivity index (χ1v) is 8.02. The van der Waals surface area contributed by atoms with E-state index in [-0.39, 0.29) is 5.43 Å². The Hall–Kier alpha value is -3.47. The first-order chi connectivity index (χ1) is 12.3. The van der Waals surface area contributed by atoms with Crippen LogP contribution in [0.2, 0.25) is 0 Å². The third kappa shape index (κ3) is 3.26. The molecule has 25 heavy (non-hydrogen) atoms. The van der Waals surface area contributed by atoms with Gasteiger partial charge in [-0.25, -0.2) is 4.68 Å². The summed E-state index contributed by atoms with van der Waals surface area (Å²) >= 11 is 0. The maximum Gasteiger partial charge on any atom is 0.203 e. The zero-order chi connectivity index (χ0) is 17.1. The average molecular weight is 328 g/mol. The van der Waals surface area contributed by atoms with E-state index in [0.717, 1.165) is 22.4 Å². The molecule has 4 aromatic rings. The minimum absolute atomic E-state index is 0.0462. The number of nitrogens with zero attached hydrogens (tertiary/aromatic N) is 3. The Kier molecular flexibility index (Phi) is 3.96. The number of benzene rings is 2. The van der Waals surface area contributed by atoms with E-state index < -0.39 is 0 Å². The first-order valence-electron chi connectivity index (χ1n) is 8.02. The van der Waals surface area contributed by atoms with Gasteiger partial charge in [-0.3, -0.25) is 9.89 Å². The standard InChI is InChI=1S/C20H16N4O/c25-20-10-11-24(23-19(20)12-15-4-2-1-3-5-15)18-8-6-16(7-9-18)17-13-21-22-14-17/h1-11,13-14H,12H2,(H,21,22). The normalized spacial score (nSPS) is 10.7. The van der Waals surface area contributed by atoms with Crippen molar-refractivity contribution in [3.8, 4) is 16.8 Å². The Morgan fingerprint density at radius 1 is 0.920 bits per heavy atom. The maximum absolute atomic E-state index is 12.1. The van der Waals surface area contributed by atoms with Crippen LogP contribution in [0.25, 0.3) is 16.8 Å². The van der Waals surface area contributed by atoms with Gasteiger partial charge in [0, 0.05) is 30.4 Å². The summed E-state index contributed by atoms with van der Waals surface area (Å²) in [5, 5.41) is 11.3. The van der Waals surface area contributed by atoms with Crippen molar-refractivity contribution in [2.24, 2.45) is 0 Å². The van der Waals surface area contributed by atoms with Crippen LogP contribution in [-0.2, 0) is 6.42 Å². The molecule has 2 aromatic heterocycles. The van der Waals surface area contributed by atoms with E-state index in [1.807, 2.05) is 60.8 Å². The van der Waals surface area contributed by atoms with Gasteiger partial charge in [-0.15, -0.1) is 0 Å². The fourth-order valence-electron chi connectivity index (χ4n) is 2.72. The molecule has 0 aliphatic heterocycles. The van der Waals surface area contributed by atoms with Crippen molar-refractivity contribution >= 4 is 0 Å². The van der Waals surface area contributed by atoms with Crippen LogP contribution in [0.1, 0.15) is 11.3 Å². The Balaban J connectivity index is 1.64. The highest BCUT2D eigenvalue weighted by molar-refractivity contribution is 5.62. The zero-order valence-corrected chi connectivity index (χ0v) is 13.5. The summed E-state index contributed by atoms with van der Waals surface area (Å²) in [4.78, 5) is 12.1. The number of H-pyrrole nitrogens is 1. The quantitative estimate of drug-likeness (QED) is 0.625. The van der Waals surface area contributed by atoms with Crippen molar-refractivity contribution in [3.63, 3.8) is 0 Å².